The zero-order valence-electron chi connectivity index (χ0n) is 23.0. The third-order valence-corrected chi connectivity index (χ3v) is 6.79. The van der Waals surface area contributed by atoms with Gasteiger partial charge in [0, 0.05) is 36.4 Å². The number of aromatic nitrogens is 4. The van der Waals surface area contributed by atoms with Crippen molar-refractivity contribution in [1.29, 1.82) is 0 Å². The summed E-state index contributed by atoms with van der Waals surface area (Å²) >= 11 is 0. The molecule has 0 saturated heterocycles. The molecule has 14 heteroatoms. The Hall–Kier alpha value is -4.59. The number of hydrogen-bond donors (Lipinski definition) is 3. The summed E-state index contributed by atoms with van der Waals surface area (Å²) in [6, 6.07) is 9.61. The molecule has 3 N–H and O–H groups in total. The monoisotopic (exact) mass is 568 g/mol. The molecule has 1 aliphatic rings. The van der Waals surface area contributed by atoms with Gasteiger partial charge in [-0.1, -0.05) is 6.92 Å². The topological polar surface area (TPSA) is 155 Å². The van der Waals surface area contributed by atoms with E-state index in [-0.39, 0.29) is 43.8 Å². The second-order valence-electron chi connectivity index (χ2n) is 10.1. The number of likely N-dealkylation sites (N-methyl/N-ethyl adjacent to an activating group) is 1. The van der Waals surface area contributed by atoms with Gasteiger partial charge in [0.2, 0.25) is 11.8 Å². The number of hydrogen-bond acceptors (Lipinski definition) is 8. The van der Waals surface area contributed by atoms with Gasteiger partial charge < -0.3 is 30.3 Å². The molecule has 218 valence electrons. The van der Waals surface area contributed by atoms with E-state index >= 15 is 0 Å². The number of rotatable bonds is 8. The summed E-state index contributed by atoms with van der Waals surface area (Å²) in [5.41, 5.74) is 1.45. The molecule has 2 heterocycles. The number of anilines is 2. The van der Waals surface area contributed by atoms with Crippen molar-refractivity contribution in [2.75, 3.05) is 37.4 Å². The van der Waals surface area contributed by atoms with Gasteiger partial charge in [-0.2, -0.15) is 0 Å². The van der Waals surface area contributed by atoms with E-state index in [9.17, 15) is 23.9 Å². The minimum atomic E-state index is -0.530. The number of carbonyl (C=O) groups is 3. The van der Waals surface area contributed by atoms with Crippen LogP contribution in [0.5, 0.6) is 5.75 Å². The van der Waals surface area contributed by atoms with E-state index in [4.69, 9.17) is 4.74 Å². The second-order valence-corrected chi connectivity index (χ2v) is 10.1. The first-order valence-corrected chi connectivity index (χ1v) is 13.1. The van der Waals surface area contributed by atoms with Crippen LogP contribution in [0.15, 0.2) is 48.8 Å². The lowest BCUT2D eigenvalue weighted by molar-refractivity contribution is -0.134. The maximum absolute atomic E-state index is 13.4. The van der Waals surface area contributed by atoms with Gasteiger partial charge in [-0.15, -0.1) is 5.10 Å². The molecule has 1 aliphatic heterocycles. The number of carbonyl (C=O) groups excluding carboxylic acids is 3. The van der Waals surface area contributed by atoms with Crippen molar-refractivity contribution in [1.82, 2.24) is 30.0 Å². The second kappa shape index (κ2) is 13.2. The van der Waals surface area contributed by atoms with Crippen LogP contribution in [0, 0.1) is 11.7 Å². The summed E-state index contributed by atoms with van der Waals surface area (Å²) in [4.78, 5) is 41.8. The summed E-state index contributed by atoms with van der Waals surface area (Å²) in [5.74, 6) is -0.753. The van der Waals surface area contributed by atoms with Crippen LogP contribution < -0.4 is 15.4 Å². The fourth-order valence-corrected chi connectivity index (χ4v) is 4.43. The molecule has 0 bridgehead atoms. The van der Waals surface area contributed by atoms with Crippen molar-refractivity contribution in [3.05, 3.63) is 60.2 Å². The van der Waals surface area contributed by atoms with Gasteiger partial charge in [-0.05, 0) is 59.8 Å². The smallest absolute Gasteiger partial charge is 0.321 e. The van der Waals surface area contributed by atoms with E-state index in [1.54, 1.807) is 37.1 Å². The quantitative estimate of drug-likeness (QED) is 0.371. The predicted molar refractivity (Wildman–Crippen MR) is 146 cm³/mol. The van der Waals surface area contributed by atoms with Gasteiger partial charge in [-0.3, -0.25) is 9.59 Å². The molecule has 2 aromatic carbocycles. The molecular formula is C27H33FN8O5. The van der Waals surface area contributed by atoms with Crippen LogP contribution in [0.1, 0.15) is 19.4 Å². The highest BCUT2D eigenvalue weighted by Gasteiger charge is 2.32. The number of amides is 4. The Labute approximate surface area is 236 Å². The van der Waals surface area contributed by atoms with E-state index in [0.29, 0.717) is 29.2 Å². The van der Waals surface area contributed by atoms with Crippen LogP contribution >= 0.6 is 0 Å². The van der Waals surface area contributed by atoms with E-state index in [2.05, 4.69) is 26.2 Å². The fourth-order valence-electron chi connectivity index (χ4n) is 4.43. The lowest BCUT2D eigenvalue weighted by Crippen LogP contribution is -2.48. The zero-order valence-corrected chi connectivity index (χ0v) is 23.0. The van der Waals surface area contributed by atoms with Gasteiger partial charge in [0.25, 0.3) is 0 Å². The molecular weight excluding hydrogens is 535 g/mol. The molecule has 41 heavy (non-hydrogen) atoms. The summed E-state index contributed by atoms with van der Waals surface area (Å²) in [7, 11) is 1.62. The Balaban J connectivity index is 1.55. The average Bonchev–Trinajstić information content (AvgIpc) is 3.46. The summed E-state index contributed by atoms with van der Waals surface area (Å²) < 4.78 is 20.9. The normalized spacial score (nSPS) is 17.8. The fraction of sp³-hybridized carbons (Fsp3) is 0.407. The standard InChI is InChI=1S/C27H33FN8O5/c1-17-12-36(18(2)15-37)26(39)11-19-10-22(30-25(38)14-35-16-29-32-33-35)8-9-23(19)41-24(17)13-34(3)27(40)31-21-6-4-20(28)5-7-21/h4-10,16-18,24,37H,11-15H2,1-3H3,(H,30,38)(H,31,40)/t17-,18+,24-/m1/s1. The molecule has 3 aromatic rings. The van der Waals surface area contributed by atoms with Crippen LogP contribution in [0.2, 0.25) is 0 Å². The molecule has 0 spiro atoms. The van der Waals surface area contributed by atoms with Crippen LogP contribution in [0.3, 0.4) is 0 Å². The number of benzene rings is 2. The molecule has 0 aliphatic carbocycles. The lowest BCUT2D eigenvalue weighted by atomic mass is 10.0. The first-order valence-electron chi connectivity index (χ1n) is 13.1. The Morgan fingerprint density at radius 3 is 2.61 bits per heavy atom. The number of fused-ring (bicyclic) bond motifs is 1. The Morgan fingerprint density at radius 1 is 1.20 bits per heavy atom. The molecule has 3 atom stereocenters. The minimum Gasteiger partial charge on any atom is -0.488 e. The Bertz CT molecular complexity index is 1350. The molecule has 4 amide bonds. The summed E-state index contributed by atoms with van der Waals surface area (Å²) in [6.45, 7) is 3.84. The molecule has 13 nitrogen and oxygen atoms in total. The van der Waals surface area contributed by atoms with E-state index in [1.807, 2.05) is 6.92 Å². The molecule has 4 rings (SSSR count). The number of tetrazole rings is 1. The van der Waals surface area contributed by atoms with Crippen LogP contribution in [-0.2, 0) is 22.6 Å². The molecule has 0 radical (unpaired) electrons. The number of halogens is 1. The van der Waals surface area contributed by atoms with Crippen molar-refractivity contribution >= 4 is 29.2 Å². The van der Waals surface area contributed by atoms with Gasteiger partial charge in [0.05, 0.1) is 25.6 Å². The summed E-state index contributed by atoms with van der Waals surface area (Å²) in [6.07, 6.45) is 0.777. The first-order chi connectivity index (χ1) is 19.6. The highest BCUT2D eigenvalue weighted by Crippen LogP contribution is 2.29. The van der Waals surface area contributed by atoms with E-state index in [0.717, 1.165) is 0 Å². The first kappa shape index (κ1) is 29.4. The van der Waals surface area contributed by atoms with Gasteiger partial charge in [-0.25, -0.2) is 13.9 Å². The SMILES string of the molecule is C[C@@H]1CN([C@@H](C)CO)C(=O)Cc2cc(NC(=O)Cn3cnnn3)ccc2O[C@@H]1CN(C)C(=O)Nc1ccc(F)cc1. The third kappa shape index (κ3) is 7.75. The van der Waals surface area contributed by atoms with E-state index in [1.165, 1.54) is 40.2 Å². The van der Waals surface area contributed by atoms with Gasteiger partial charge in [0.1, 0.15) is 30.5 Å². The Kier molecular flexibility index (Phi) is 9.45. The van der Waals surface area contributed by atoms with Crippen LogP contribution in [0.4, 0.5) is 20.6 Å². The van der Waals surface area contributed by atoms with Crippen LogP contribution in [-0.4, -0.2) is 91.8 Å². The highest BCUT2D eigenvalue weighted by molar-refractivity contribution is 5.91. The van der Waals surface area contributed by atoms with Crippen molar-refractivity contribution in [2.24, 2.45) is 5.92 Å². The third-order valence-electron chi connectivity index (χ3n) is 6.79. The van der Waals surface area contributed by atoms with Crippen molar-refractivity contribution in [2.45, 2.75) is 39.0 Å². The maximum Gasteiger partial charge on any atom is 0.321 e. The number of urea groups is 1. The minimum absolute atomic E-state index is 0.0172. The predicted octanol–water partition coefficient (Wildman–Crippen LogP) is 1.76. The number of aliphatic hydroxyl groups is 1. The summed E-state index contributed by atoms with van der Waals surface area (Å²) in [5, 5.41) is 26.0. The highest BCUT2D eigenvalue weighted by atomic mass is 19.1. The van der Waals surface area contributed by atoms with Gasteiger partial charge in [0.15, 0.2) is 0 Å². The number of aliphatic hydroxyl groups excluding tert-OH is 1. The number of nitrogens with zero attached hydrogens (tertiary/aromatic N) is 6. The lowest BCUT2D eigenvalue weighted by Gasteiger charge is -2.34. The average molecular weight is 569 g/mol. The molecule has 1 aromatic heterocycles. The molecule has 0 saturated carbocycles. The number of nitrogens with one attached hydrogen (secondary N) is 2. The Morgan fingerprint density at radius 2 is 1.93 bits per heavy atom. The largest absolute Gasteiger partial charge is 0.488 e. The van der Waals surface area contributed by atoms with E-state index < -0.39 is 24.0 Å². The van der Waals surface area contributed by atoms with Crippen molar-refractivity contribution in [3.8, 4) is 5.75 Å². The van der Waals surface area contributed by atoms with Crippen molar-refractivity contribution < 1.29 is 28.6 Å². The van der Waals surface area contributed by atoms with Gasteiger partial charge >= 0.3 is 6.03 Å². The maximum atomic E-state index is 13.4. The molecule has 0 unspecified atom stereocenters. The van der Waals surface area contributed by atoms with Crippen molar-refractivity contribution in [3.63, 3.8) is 0 Å². The number of ether oxygens (including phenoxy) is 1. The molecule has 0 fully saturated rings. The van der Waals surface area contributed by atoms with Crippen LogP contribution in [0.25, 0.3) is 0 Å². The zero-order chi connectivity index (χ0) is 29.5.